The zero-order chi connectivity index (χ0) is 0. The molecule has 0 aromatic carbocycles. The van der Waals surface area contributed by atoms with Crippen molar-refractivity contribution in [2.24, 2.45) is 0 Å². The van der Waals surface area contributed by atoms with Gasteiger partial charge in [0.1, 0.15) is 0 Å². The Bertz CT molecular complexity index is 16.0. The van der Waals surface area contributed by atoms with E-state index in [9.17, 15) is 0 Å². The van der Waals surface area contributed by atoms with Crippen molar-refractivity contribution in [3.63, 3.8) is 0 Å². The van der Waals surface area contributed by atoms with E-state index in [1.165, 1.54) is 0 Å². The summed E-state index contributed by atoms with van der Waals surface area (Å²) in [5.74, 6) is 0. The van der Waals surface area contributed by atoms with Crippen molar-refractivity contribution in [3.8, 4) is 0 Å². The van der Waals surface area contributed by atoms with Crippen LogP contribution in [0.25, 0.3) is 0 Å². The largest absolute Gasteiger partial charge is 2.00 e. The molecule has 0 fully saturated rings. The van der Waals surface area contributed by atoms with Gasteiger partial charge in [-0.05, 0) is 0 Å². The van der Waals surface area contributed by atoms with E-state index in [1.54, 1.807) is 0 Å². The summed E-state index contributed by atoms with van der Waals surface area (Å²) >= 11 is 0. The Balaban J connectivity index is 0. The van der Waals surface area contributed by atoms with Gasteiger partial charge in [-0.2, -0.15) is 0 Å². The molecule has 0 aromatic rings. The molecule has 8 heavy (non-hydrogen) atoms. The van der Waals surface area contributed by atoms with Crippen LogP contribution in [0.2, 0.25) is 0 Å². The first-order chi connectivity index (χ1) is 0. The van der Waals surface area contributed by atoms with Gasteiger partial charge in [0.25, 0.3) is 0 Å². The predicted octanol–water partition coefficient (Wildman–Crippen LogP) is -7.08. The summed E-state index contributed by atoms with van der Waals surface area (Å²) in [6.45, 7) is 0. The van der Waals surface area contributed by atoms with Crippen LogP contribution < -0.4 is 70.2 Å². The molecule has 36 valence electrons. The fourth-order valence-corrected chi connectivity index (χ4v) is 0. The molecule has 0 aliphatic rings. The van der Waals surface area contributed by atoms with Gasteiger partial charge >= 0.3 is 93.3 Å². The van der Waals surface area contributed by atoms with Gasteiger partial charge in [0.2, 0.25) is 0 Å². The standard InChI is InChI=1S/K.Li.Mg.4H2O.Ti/h;;;4*1H2;/q2*+1;+2;;;;;/p-4. The molecule has 0 spiro atoms. The average Bonchev–Trinajstić information content (AvgIpc) is 0. The number of hydrogen-bond donors (Lipinski definition) is 0. The van der Waals surface area contributed by atoms with Crippen LogP contribution in [0.1, 0.15) is 0 Å². The minimum Gasteiger partial charge on any atom is -0.870 e. The number of rotatable bonds is 0. The van der Waals surface area contributed by atoms with Gasteiger partial charge in [0.05, 0.1) is 0 Å². The average molecular weight is 186 g/mol. The maximum atomic E-state index is 0. The second kappa shape index (κ2) is 76.3. The normalized spacial score (nSPS) is 0. The molecule has 0 rings (SSSR count). The van der Waals surface area contributed by atoms with Crippen LogP contribution in [0.4, 0.5) is 0 Å². The molecule has 0 saturated heterocycles. The molecule has 0 unspecified atom stereocenters. The van der Waals surface area contributed by atoms with Crippen molar-refractivity contribution < 1.29 is 114 Å². The van der Waals surface area contributed by atoms with E-state index >= 15 is 0 Å². The predicted molar refractivity (Wildman–Crippen MR) is 13.5 cm³/mol. The van der Waals surface area contributed by atoms with Gasteiger partial charge in [0, 0.05) is 21.7 Å². The minimum atomic E-state index is 0. The van der Waals surface area contributed by atoms with Crippen molar-refractivity contribution in [2.45, 2.75) is 0 Å². The first kappa shape index (κ1) is 102. The molecule has 0 amide bonds. The van der Waals surface area contributed by atoms with E-state index in [-0.39, 0.29) is 137 Å². The van der Waals surface area contributed by atoms with E-state index in [1.807, 2.05) is 0 Å². The summed E-state index contributed by atoms with van der Waals surface area (Å²) in [5.41, 5.74) is 0. The van der Waals surface area contributed by atoms with E-state index in [0.29, 0.717) is 0 Å². The summed E-state index contributed by atoms with van der Waals surface area (Å²) in [5, 5.41) is 0. The molecule has 0 radical (unpaired) electrons. The molecular weight excluding hydrogens is 182 g/mol. The van der Waals surface area contributed by atoms with Gasteiger partial charge in [0.15, 0.2) is 0 Å². The SMILES string of the molecule is [K+].[Li+].[Mg+2].[OH-].[OH-].[OH-].[OH-].[Ti]. The molecule has 0 heterocycles. The quantitative estimate of drug-likeness (QED) is 0.349. The Hall–Kier alpha value is 3.55. The molecule has 4 N–H and O–H groups in total. The smallest absolute Gasteiger partial charge is 0.870 e. The van der Waals surface area contributed by atoms with Crippen molar-refractivity contribution in [1.29, 1.82) is 0 Å². The molecule has 0 aromatic heterocycles. The van der Waals surface area contributed by atoms with Gasteiger partial charge in [-0.3, -0.25) is 0 Å². The van der Waals surface area contributed by atoms with Crippen LogP contribution >= 0.6 is 0 Å². The molecule has 0 aliphatic carbocycles. The van der Waals surface area contributed by atoms with Crippen LogP contribution in [-0.4, -0.2) is 45.0 Å². The fraction of sp³-hybridized carbons (Fsp3) is 0. The van der Waals surface area contributed by atoms with Crippen molar-refractivity contribution >= 4 is 23.1 Å². The maximum Gasteiger partial charge on any atom is 2.00 e. The third kappa shape index (κ3) is 55.3. The molecule has 8 heteroatoms. The van der Waals surface area contributed by atoms with Crippen molar-refractivity contribution in [1.82, 2.24) is 0 Å². The molecular formula is H4KLiMgO4Ti. The number of hydrogen-bond acceptors (Lipinski definition) is 4. The Labute approximate surface area is 134 Å². The van der Waals surface area contributed by atoms with Gasteiger partial charge in [-0.15, -0.1) is 0 Å². The van der Waals surface area contributed by atoms with Crippen molar-refractivity contribution in [2.75, 3.05) is 0 Å². The Morgan fingerprint density at radius 1 is 0.625 bits per heavy atom. The fourth-order valence-electron chi connectivity index (χ4n) is 0. The molecule has 4 nitrogen and oxygen atoms in total. The topological polar surface area (TPSA) is 120 Å². The Morgan fingerprint density at radius 2 is 0.625 bits per heavy atom. The van der Waals surface area contributed by atoms with Gasteiger partial charge < -0.3 is 21.9 Å². The Morgan fingerprint density at radius 3 is 0.625 bits per heavy atom. The van der Waals surface area contributed by atoms with Gasteiger partial charge in [-0.25, -0.2) is 0 Å². The van der Waals surface area contributed by atoms with Crippen LogP contribution in [0, 0.1) is 0 Å². The second-order valence-electron chi connectivity index (χ2n) is 0. The molecule has 0 bridgehead atoms. The minimum absolute atomic E-state index is 0. The third-order valence-corrected chi connectivity index (χ3v) is 0. The zero-order valence-corrected chi connectivity index (χ0v) is 11.1. The van der Waals surface area contributed by atoms with Gasteiger partial charge in [-0.1, -0.05) is 0 Å². The summed E-state index contributed by atoms with van der Waals surface area (Å²) in [7, 11) is 0. The Kier molecular flexibility index (Phi) is 971. The second-order valence-corrected chi connectivity index (χ2v) is 0. The summed E-state index contributed by atoms with van der Waals surface area (Å²) in [4.78, 5) is 0. The van der Waals surface area contributed by atoms with Crippen LogP contribution in [-0.2, 0) is 21.7 Å². The summed E-state index contributed by atoms with van der Waals surface area (Å²) in [6, 6.07) is 0. The van der Waals surface area contributed by atoms with Crippen LogP contribution in [0.3, 0.4) is 0 Å². The maximum absolute atomic E-state index is 0. The van der Waals surface area contributed by atoms with Crippen LogP contribution in [0.15, 0.2) is 0 Å². The zero-order valence-electron chi connectivity index (χ0n) is 5.00. The van der Waals surface area contributed by atoms with Crippen molar-refractivity contribution in [3.05, 3.63) is 0 Å². The van der Waals surface area contributed by atoms with E-state index < -0.39 is 0 Å². The third-order valence-electron chi connectivity index (χ3n) is 0. The van der Waals surface area contributed by atoms with E-state index in [2.05, 4.69) is 0 Å². The first-order valence-corrected chi connectivity index (χ1v) is 0. The molecule has 0 atom stereocenters. The molecule has 0 saturated carbocycles. The first-order valence-electron chi connectivity index (χ1n) is 0. The monoisotopic (exact) mass is 186 g/mol. The summed E-state index contributed by atoms with van der Waals surface area (Å²) < 4.78 is 0. The van der Waals surface area contributed by atoms with Crippen LogP contribution in [0.5, 0.6) is 0 Å². The van der Waals surface area contributed by atoms with E-state index in [0.717, 1.165) is 0 Å². The molecule has 0 aliphatic heterocycles. The summed E-state index contributed by atoms with van der Waals surface area (Å²) in [6.07, 6.45) is 0. The van der Waals surface area contributed by atoms with E-state index in [4.69, 9.17) is 0 Å².